The first-order valence-corrected chi connectivity index (χ1v) is 8.81. The number of benzene rings is 2. The van der Waals surface area contributed by atoms with Crippen molar-refractivity contribution in [3.63, 3.8) is 0 Å². The molecule has 3 aromatic rings. The second-order valence-electron chi connectivity index (χ2n) is 5.11. The molecule has 0 spiro atoms. The summed E-state index contributed by atoms with van der Waals surface area (Å²) < 4.78 is 5.08. The van der Waals surface area contributed by atoms with Crippen molar-refractivity contribution in [1.29, 1.82) is 0 Å². The van der Waals surface area contributed by atoms with Crippen molar-refractivity contribution >= 4 is 51.9 Å². The number of carbonyl (C=O) groups excluding carboxylic acids is 1. The van der Waals surface area contributed by atoms with Gasteiger partial charge in [0.1, 0.15) is 10.8 Å². The van der Waals surface area contributed by atoms with E-state index in [2.05, 4.69) is 20.8 Å². The van der Waals surface area contributed by atoms with Crippen molar-refractivity contribution in [2.75, 3.05) is 17.7 Å². The molecule has 1 aromatic heterocycles. The summed E-state index contributed by atoms with van der Waals surface area (Å²) in [6.45, 7) is 0. The summed E-state index contributed by atoms with van der Waals surface area (Å²) in [4.78, 5) is 12.0. The number of amides is 2. The molecule has 0 unspecified atom stereocenters. The van der Waals surface area contributed by atoms with Gasteiger partial charge in [0.15, 0.2) is 0 Å². The van der Waals surface area contributed by atoms with Gasteiger partial charge in [0, 0.05) is 10.7 Å². The first-order chi connectivity index (χ1) is 12.6. The van der Waals surface area contributed by atoms with Gasteiger partial charge < -0.3 is 10.1 Å². The van der Waals surface area contributed by atoms with E-state index in [9.17, 15) is 4.79 Å². The minimum Gasteiger partial charge on any atom is -0.497 e. The molecule has 1 heterocycles. The quantitative estimate of drug-likeness (QED) is 0.645. The maximum Gasteiger partial charge on any atom is 0.325 e. The van der Waals surface area contributed by atoms with Crippen LogP contribution in [0.5, 0.6) is 5.75 Å². The Morgan fingerprint density at radius 3 is 2.58 bits per heavy atom. The molecule has 26 heavy (non-hydrogen) atoms. The van der Waals surface area contributed by atoms with Gasteiger partial charge in [-0.25, -0.2) is 4.79 Å². The van der Waals surface area contributed by atoms with Gasteiger partial charge in [-0.2, -0.15) is 0 Å². The standard InChI is InChI=1S/C18H15ClN4O2S/c1-25-14-9-7-13(8-10-14)20-17(24)21-18-23-22-16(26-18)11-6-12-4-2-3-5-15(12)19/h2-11H,1H3,(H2,20,21,23,24)/b11-6+. The fourth-order valence-electron chi connectivity index (χ4n) is 2.06. The number of rotatable bonds is 5. The van der Waals surface area contributed by atoms with Crippen LogP contribution in [0.3, 0.4) is 0 Å². The first-order valence-electron chi connectivity index (χ1n) is 7.62. The van der Waals surface area contributed by atoms with E-state index >= 15 is 0 Å². The zero-order valence-electron chi connectivity index (χ0n) is 13.8. The lowest BCUT2D eigenvalue weighted by atomic mass is 10.2. The topological polar surface area (TPSA) is 76.1 Å². The van der Waals surface area contributed by atoms with Crippen LogP contribution in [-0.2, 0) is 0 Å². The van der Waals surface area contributed by atoms with Crippen LogP contribution in [0.1, 0.15) is 10.6 Å². The molecule has 8 heteroatoms. The van der Waals surface area contributed by atoms with Gasteiger partial charge >= 0.3 is 6.03 Å². The molecule has 3 rings (SSSR count). The normalized spacial score (nSPS) is 10.7. The van der Waals surface area contributed by atoms with Crippen molar-refractivity contribution < 1.29 is 9.53 Å². The average Bonchev–Trinajstić information content (AvgIpc) is 3.09. The molecule has 132 valence electrons. The highest BCUT2D eigenvalue weighted by Gasteiger charge is 2.07. The summed E-state index contributed by atoms with van der Waals surface area (Å²) in [5.41, 5.74) is 1.53. The summed E-state index contributed by atoms with van der Waals surface area (Å²) in [5.74, 6) is 0.718. The molecule has 0 bridgehead atoms. The number of anilines is 2. The Balaban J connectivity index is 1.59. The predicted octanol–water partition coefficient (Wildman–Crippen LogP) is 5.01. The number of urea groups is 1. The highest BCUT2D eigenvalue weighted by atomic mass is 35.5. The fraction of sp³-hybridized carbons (Fsp3) is 0.0556. The largest absolute Gasteiger partial charge is 0.497 e. The number of nitrogens with one attached hydrogen (secondary N) is 2. The first kappa shape index (κ1) is 17.9. The summed E-state index contributed by atoms with van der Waals surface area (Å²) in [6, 6.07) is 14.1. The maximum absolute atomic E-state index is 12.0. The minimum absolute atomic E-state index is 0.395. The van der Waals surface area contributed by atoms with E-state index in [0.29, 0.717) is 20.8 Å². The summed E-state index contributed by atoms with van der Waals surface area (Å²) in [7, 11) is 1.59. The number of nitrogens with zero attached hydrogens (tertiary/aromatic N) is 2. The van der Waals surface area contributed by atoms with Crippen LogP contribution >= 0.6 is 22.9 Å². The Hall–Kier alpha value is -2.90. The number of hydrogen-bond donors (Lipinski definition) is 2. The van der Waals surface area contributed by atoms with Gasteiger partial charge in [0.05, 0.1) is 7.11 Å². The molecule has 2 amide bonds. The zero-order valence-corrected chi connectivity index (χ0v) is 15.3. The molecule has 2 N–H and O–H groups in total. The third kappa shape index (κ3) is 4.81. The van der Waals surface area contributed by atoms with Crippen LogP contribution < -0.4 is 15.4 Å². The Bertz CT molecular complexity index is 925. The lowest BCUT2D eigenvalue weighted by Gasteiger charge is -2.05. The average molecular weight is 387 g/mol. The molecule has 0 saturated heterocycles. The highest BCUT2D eigenvalue weighted by molar-refractivity contribution is 7.16. The monoisotopic (exact) mass is 386 g/mol. The fourth-order valence-corrected chi connectivity index (χ4v) is 2.90. The lowest BCUT2D eigenvalue weighted by Crippen LogP contribution is -2.19. The van der Waals surface area contributed by atoms with Crippen LogP contribution in [0, 0.1) is 0 Å². The van der Waals surface area contributed by atoms with Crippen molar-refractivity contribution in [2.24, 2.45) is 0 Å². The van der Waals surface area contributed by atoms with E-state index in [0.717, 1.165) is 11.3 Å². The van der Waals surface area contributed by atoms with Crippen LogP contribution in [0.15, 0.2) is 48.5 Å². The number of hydrogen-bond acceptors (Lipinski definition) is 5. The van der Waals surface area contributed by atoms with Crippen LogP contribution in [0.25, 0.3) is 12.2 Å². The number of methoxy groups -OCH3 is 1. The molecule has 0 radical (unpaired) electrons. The second-order valence-corrected chi connectivity index (χ2v) is 6.52. The van der Waals surface area contributed by atoms with Gasteiger partial charge in [0.25, 0.3) is 0 Å². The van der Waals surface area contributed by atoms with Crippen LogP contribution in [-0.4, -0.2) is 23.3 Å². The van der Waals surface area contributed by atoms with E-state index in [4.69, 9.17) is 16.3 Å². The van der Waals surface area contributed by atoms with Crippen molar-refractivity contribution in [3.05, 3.63) is 64.1 Å². The molecule has 0 saturated carbocycles. The molecular formula is C18H15ClN4O2S. The smallest absolute Gasteiger partial charge is 0.325 e. The maximum atomic E-state index is 12.0. The zero-order chi connectivity index (χ0) is 18.4. The Morgan fingerprint density at radius 1 is 1.08 bits per heavy atom. The molecule has 0 aliphatic rings. The summed E-state index contributed by atoms with van der Waals surface area (Å²) >= 11 is 7.36. The van der Waals surface area contributed by atoms with Gasteiger partial charge in [-0.3, -0.25) is 5.32 Å². The Morgan fingerprint density at radius 2 is 1.85 bits per heavy atom. The number of carbonyl (C=O) groups is 1. The second kappa shape index (κ2) is 8.46. The Kier molecular flexibility index (Phi) is 5.83. The number of halogens is 1. The van der Waals surface area contributed by atoms with Gasteiger partial charge in [-0.05, 0) is 42.0 Å². The van der Waals surface area contributed by atoms with E-state index in [1.54, 1.807) is 37.5 Å². The predicted molar refractivity (Wildman–Crippen MR) is 106 cm³/mol. The van der Waals surface area contributed by atoms with Crippen LogP contribution in [0.4, 0.5) is 15.6 Å². The van der Waals surface area contributed by atoms with Gasteiger partial charge in [0.2, 0.25) is 5.13 Å². The van der Waals surface area contributed by atoms with Crippen molar-refractivity contribution in [2.45, 2.75) is 0 Å². The molecule has 0 aliphatic heterocycles. The van der Waals surface area contributed by atoms with Crippen LogP contribution in [0.2, 0.25) is 5.02 Å². The van der Waals surface area contributed by atoms with Gasteiger partial charge in [-0.1, -0.05) is 47.2 Å². The van der Waals surface area contributed by atoms with Crippen molar-refractivity contribution in [1.82, 2.24) is 10.2 Å². The molecule has 0 fully saturated rings. The van der Waals surface area contributed by atoms with E-state index in [1.807, 2.05) is 30.3 Å². The number of ether oxygens (including phenoxy) is 1. The van der Waals surface area contributed by atoms with Crippen molar-refractivity contribution in [3.8, 4) is 5.75 Å². The Labute approximate surface area is 159 Å². The highest BCUT2D eigenvalue weighted by Crippen LogP contribution is 2.21. The SMILES string of the molecule is COc1ccc(NC(=O)Nc2nnc(/C=C/c3ccccc3Cl)s2)cc1. The van der Waals surface area contributed by atoms with E-state index in [-0.39, 0.29) is 0 Å². The minimum atomic E-state index is -0.395. The van der Waals surface area contributed by atoms with E-state index < -0.39 is 6.03 Å². The molecule has 0 atom stereocenters. The molecule has 2 aromatic carbocycles. The molecule has 0 aliphatic carbocycles. The summed E-state index contributed by atoms with van der Waals surface area (Å²) in [5, 5.41) is 15.1. The molecule has 6 nitrogen and oxygen atoms in total. The van der Waals surface area contributed by atoms with E-state index in [1.165, 1.54) is 11.3 Å². The third-order valence-corrected chi connectivity index (χ3v) is 4.47. The number of aromatic nitrogens is 2. The lowest BCUT2D eigenvalue weighted by molar-refractivity contribution is 0.262. The third-order valence-electron chi connectivity index (χ3n) is 3.32. The molecular weight excluding hydrogens is 372 g/mol. The summed E-state index contributed by atoms with van der Waals surface area (Å²) in [6.07, 6.45) is 3.65. The van der Waals surface area contributed by atoms with Gasteiger partial charge in [-0.15, -0.1) is 10.2 Å².